The molecule has 2 heterocycles. The lowest BCUT2D eigenvalue weighted by Crippen LogP contribution is -2.01. The molecule has 0 bridgehead atoms. The normalized spacial score (nSPS) is 17.1. The van der Waals surface area contributed by atoms with E-state index in [4.69, 9.17) is 4.98 Å². The predicted octanol–water partition coefficient (Wildman–Crippen LogP) is 8.79. The Morgan fingerprint density at radius 1 is 1.07 bits per heavy atom. The Bertz CT molecular complexity index is 947. The third-order valence-electron chi connectivity index (χ3n) is 4.72. The van der Waals surface area contributed by atoms with Crippen molar-refractivity contribution >= 4 is 38.6 Å². The number of halogens is 1. The zero-order chi connectivity index (χ0) is 20.8. The molecule has 2 unspecified atom stereocenters. The molecular formula is C25H30BrNS. The van der Waals surface area contributed by atoms with Gasteiger partial charge in [-0.1, -0.05) is 73.5 Å². The molecule has 3 heteroatoms. The molecular weight excluding hydrogens is 426 g/mol. The molecule has 0 saturated carbocycles. The van der Waals surface area contributed by atoms with Gasteiger partial charge < -0.3 is 0 Å². The molecule has 3 aromatic rings. The molecule has 1 nitrogen and oxygen atoms in total. The zero-order valence-electron chi connectivity index (χ0n) is 17.7. The number of thioether (sulfide) groups is 1. The Kier molecular flexibility index (Phi) is 8.33. The fourth-order valence-electron chi connectivity index (χ4n) is 3.28. The van der Waals surface area contributed by atoms with E-state index < -0.39 is 0 Å². The Morgan fingerprint density at radius 2 is 1.68 bits per heavy atom. The van der Waals surface area contributed by atoms with Gasteiger partial charge in [0.15, 0.2) is 0 Å². The average molecular weight is 456 g/mol. The number of rotatable bonds is 1. The summed E-state index contributed by atoms with van der Waals surface area (Å²) in [5, 5.41) is 1.91. The van der Waals surface area contributed by atoms with Crippen LogP contribution in [0.3, 0.4) is 0 Å². The maximum Gasteiger partial charge on any atom is 0.0848 e. The minimum absolute atomic E-state index is 0.552. The van der Waals surface area contributed by atoms with Crippen molar-refractivity contribution in [1.82, 2.24) is 4.98 Å². The van der Waals surface area contributed by atoms with Crippen LogP contribution in [0.15, 0.2) is 64.5 Å². The number of allylic oxidation sites excluding steroid dienone is 1. The fourth-order valence-corrected chi connectivity index (χ4v) is 4.96. The van der Waals surface area contributed by atoms with Crippen LogP contribution in [0.1, 0.15) is 51.7 Å². The van der Waals surface area contributed by atoms with Crippen molar-refractivity contribution in [2.75, 3.05) is 0 Å². The summed E-state index contributed by atoms with van der Waals surface area (Å²) in [6.45, 7) is 16.1. The molecule has 1 aliphatic heterocycles. The third kappa shape index (κ3) is 4.69. The van der Waals surface area contributed by atoms with Crippen LogP contribution in [0, 0.1) is 6.92 Å². The molecule has 0 amide bonds. The number of fused-ring (bicyclic) bond motifs is 3. The van der Waals surface area contributed by atoms with Gasteiger partial charge in [0.05, 0.1) is 11.2 Å². The van der Waals surface area contributed by atoms with Crippen LogP contribution in [0.25, 0.3) is 22.2 Å². The van der Waals surface area contributed by atoms with Gasteiger partial charge in [-0.15, -0.1) is 18.3 Å². The average Bonchev–Trinajstić information content (AvgIpc) is 2.99. The van der Waals surface area contributed by atoms with Crippen LogP contribution in [0.4, 0.5) is 0 Å². The van der Waals surface area contributed by atoms with Gasteiger partial charge in [0, 0.05) is 25.6 Å². The van der Waals surface area contributed by atoms with E-state index in [1.54, 1.807) is 6.08 Å². The number of pyridine rings is 1. The number of nitrogens with zero attached hydrogens (tertiary/aromatic N) is 1. The van der Waals surface area contributed by atoms with E-state index in [2.05, 4.69) is 85.7 Å². The summed E-state index contributed by atoms with van der Waals surface area (Å²) in [4.78, 5) is 6.39. The van der Waals surface area contributed by atoms with Gasteiger partial charge in [0.2, 0.25) is 0 Å². The van der Waals surface area contributed by atoms with Crippen molar-refractivity contribution in [3.8, 4) is 11.3 Å². The van der Waals surface area contributed by atoms with Crippen molar-refractivity contribution in [2.45, 2.75) is 57.6 Å². The highest BCUT2D eigenvalue weighted by Crippen LogP contribution is 2.51. The monoisotopic (exact) mass is 455 g/mol. The van der Waals surface area contributed by atoms with Crippen LogP contribution in [-0.2, 0) is 0 Å². The molecule has 4 rings (SSSR count). The van der Waals surface area contributed by atoms with Crippen molar-refractivity contribution in [3.63, 3.8) is 0 Å². The highest BCUT2D eigenvalue weighted by atomic mass is 79.9. The SMILES string of the molecule is C=CC.CC.Cc1ccc2nc(-c3ccc(Br)cc3)c3c(c2c1)C(C)C(C)S3. The van der Waals surface area contributed by atoms with Gasteiger partial charge in [-0.2, -0.15) is 0 Å². The first-order valence-corrected chi connectivity index (χ1v) is 11.6. The van der Waals surface area contributed by atoms with E-state index >= 15 is 0 Å². The minimum Gasteiger partial charge on any atom is -0.247 e. The zero-order valence-corrected chi connectivity index (χ0v) is 20.1. The van der Waals surface area contributed by atoms with E-state index in [1.165, 1.54) is 27.0 Å². The number of aryl methyl sites for hydroxylation is 1. The molecule has 148 valence electrons. The van der Waals surface area contributed by atoms with E-state index in [9.17, 15) is 0 Å². The second-order valence-electron chi connectivity index (χ2n) is 6.75. The van der Waals surface area contributed by atoms with Gasteiger partial charge in [-0.25, -0.2) is 4.98 Å². The van der Waals surface area contributed by atoms with Gasteiger partial charge in [-0.05, 0) is 49.6 Å². The molecule has 2 aromatic carbocycles. The van der Waals surface area contributed by atoms with E-state index in [0.717, 1.165) is 15.7 Å². The topological polar surface area (TPSA) is 12.9 Å². The summed E-state index contributed by atoms with van der Waals surface area (Å²) in [5.41, 5.74) is 6.21. The first-order valence-electron chi connectivity index (χ1n) is 9.90. The van der Waals surface area contributed by atoms with Crippen molar-refractivity contribution in [3.05, 3.63) is 70.7 Å². The first-order chi connectivity index (χ1) is 13.5. The summed E-state index contributed by atoms with van der Waals surface area (Å²) in [6, 6.07) is 15.1. The molecule has 0 fully saturated rings. The van der Waals surface area contributed by atoms with Crippen LogP contribution in [-0.4, -0.2) is 10.2 Å². The summed E-state index contributed by atoms with van der Waals surface area (Å²) >= 11 is 5.49. The minimum atomic E-state index is 0.552. The summed E-state index contributed by atoms with van der Waals surface area (Å²) < 4.78 is 1.10. The van der Waals surface area contributed by atoms with Crippen molar-refractivity contribution < 1.29 is 0 Å². The van der Waals surface area contributed by atoms with Gasteiger partial charge in [0.25, 0.3) is 0 Å². The van der Waals surface area contributed by atoms with Crippen LogP contribution in [0.2, 0.25) is 0 Å². The predicted molar refractivity (Wildman–Crippen MR) is 131 cm³/mol. The summed E-state index contributed by atoms with van der Waals surface area (Å²) in [6.07, 6.45) is 1.75. The van der Waals surface area contributed by atoms with Gasteiger partial charge >= 0.3 is 0 Å². The molecule has 28 heavy (non-hydrogen) atoms. The fraction of sp³-hybridized carbons (Fsp3) is 0.320. The largest absolute Gasteiger partial charge is 0.247 e. The second kappa shape index (κ2) is 10.3. The standard InChI is InChI=1S/C20H18BrNS.C3H6.C2H6/c1-11-4-9-17-16(10-11)18-12(2)13(3)23-20(18)19(22-17)14-5-7-15(21)8-6-14;1-3-2;1-2/h4-10,12-13H,1-3H3;3H,1H2,2H3;1-2H3. The highest BCUT2D eigenvalue weighted by molar-refractivity contribution is 9.10. The number of hydrogen-bond donors (Lipinski definition) is 0. The number of benzene rings is 2. The molecule has 1 aromatic heterocycles. The lowest BCUT2D eigenvalue weighted by molar-refractivity contribution is 0.767. The number of hydrogen-bond acceptors (Lipinski definition) is 2. The lowest BCUT2D eigenvalue weighted by Gasteiger charge is -2.14. The third-order valence-corrected chi connectivity index (χ3v) is 6.67. The Balaban J connectivity index is 0.000000514. The Hall–Kier alpha value is -1.58. The summed E-state index contributed by atoms with van der Waals surface area (Å²) in [7, 11) is 0. The molecule has 0 saturated heterocycles. The lowest BCUT2D eigenvalue weighted by atomic mass is 9.92. The van der Waals surface area contributed by atoms with E-state index in [1.807, 2.05) is 32.5 Å². The molecule has 1 aliphatic rings. The smallest absolute Gasteiger partial charge is 0.0848 e. The van der Waals surface area contributed by atoms with E-state index in [-0.39, 0.29) is 0 Å². The Labute approximate surface area is 182 Å². The van der Waals surface area contributed by atoms with Crippen LogP contribution >= 0.6 is 27.7 Å². The number of aromatic nitrogens is 1. The van der Waals surface area contributed by atoms with Crippen LogP contribution in [0.5, 0.6) is 0 Å². The van der Waals surface area contributed by atoms with Gasteiger partial charge in [0.1, 0.15) is 0 Å². The van der Waals surface area contributed by atoms with Crippen LogP contribution < -0.4 is 0 Å². The molecule has 0 N–H and O–H groups in total. The first kappa shape index (κ1) is 22.7. The molecule has 0 radical (unpaired) electrons. The quantitative estimate of drug-likeness (QED) is 0.339. The van der Waals surface area contributed by atoms with Crippen molar-refractivity contribution in [2.24, 2.45) is 0 Å². The van der Waals surface area contributed by atoms with Crippen molar-refractivity contribution in [1.29, 1.82) is 0 Å². The highest BCUT2D eigenvalue weighted by Gasteiger charge is 2.32. The van der Waals surface area contributed by atoms with E-state index in [0.29, 0.717) is 11.2 Å². The maximum atomic E-state index is 5.02. The van der Waals surface area contributed by atoms with Gasteiger partial charge in [-0.3, -0.25) is 0 Å². The summed E-state index contributed by atoms with van der Waals surface area (Å²) in [5.74, 6) is 0.552. The second-order valence-corrected chi connectivity index (χ2v) is 9.05. The Morgan fingerprint density at radius 3 is 2.29 bits per heavy atom. The maximum absolute atomic E-state index is 5.02. The molecule has 0 spiro atoms. The molecule has 2 atom stereocenters. The molecule has 0 aliphatic carbocycles.